The van der Waals surface area contributed by atoms with Crippen LogP contribution in [0.4, 0.5) is 0 Å². The Bertz CT molecular complexity index is 379. The first kappa shape index (κ1) is 18.6. The van der Waals surface area contributed by atoms with Crippen molar-refractivity contribution in [3.05, 3.63) is 0 Å². The summed E-state index contributed by atoms with van der Waals surface area (Å²) >= 11 is 0. The molecule has 0 spiro atoms. The third kappa shape index (κ3) is 5.67. The Hall–Kier alpha value is -0.200. The average Bonchev–Trinajstić information content (AvgIpc) is 2.37. The summed E-state index contributed by atoms with van der Waals surface area (Å²) in [6, 6.07) is 0. The molecule has 0 N–H and O–H groups in total. The summed E-state index contributed by atoms with van der Waals surface area (Å²) < 4.78 is 23.5. The molecule has 0 atom stereocenters. The molecule has 2 aliphatic carbocycles. The summed E-state index contributed by atoms with van der Waals surface area (Å²) in [4.78, 5) is 2.27. The van der Waals surface area contributed by atoms with Gasteiger partial charge in [-0.15, -0.1) is 0 Å². The van der Waals surface area contributed by atoms with Gasteiger partial charge in [-0.2, -0.15) is 0 Å². The highest BCUT2D eigenvalue weighted by atomic mass is 16.5. The zero-order chi connectivity index (χ0) is 17.2. The van der Waals surface area contributed by atoms with Crippen LogP contribution in [0.5, 0.6) is 0 Å². The van der Waals surface area contributed by atoms with Crippen LogP contribution in [0.3, 0.4) is 0 Å². The Balaban J connectivity index is 1.12. The second-order valence-electron chi connectivity index (χ2n) is 8.82. The third-order valence-electron chi connectivity index (χ3n) is 5.15. The normalized spacial score (nSPS) is 34.5. The zero-order valence-electron chi connectivity index (χ0n) is 15.8. The van der Waals surface area contributed by atoms with Gasteiger partial charge in [0.1, 0.15) is 0 Å². The van der Waals surface area contributed by atoms with Crippen LogP contribution in [0.25, 0.3) is 0 Å². The molecule has 0 aromatic heterocycles. The maximum atomic E-state index is 6.00. The molecule has 0 aromatic rings. The molecule has 0 radical (unpaired) electrons. The highest BCUT2D eigenvalue weighted by Gasteiger charge is 2.36. The summed E-state index contributed by atoms with van der Waals surface area (Å²) in [5.41, 5.74) is -0.0353. The smallest absolute Gasteiger partial charge is 0.0829 e. The molecule has 3 fully saturated rings. The van der Waals surface area contributed by atoms with Crippen molar-refractivity contribution in [2.45, 2.75) is 76.5 Å². The van der Waals surface area contributed by atoms with E-state index in [4.69, 9.17) is 18.9 Å². The standard InChI is InChI=1S/C19H35NO4/c1-19(2,3)24-17-9-16(10-17)23-13-14-7-15(8-14)21-5-6-22-18-11-20(4)12-18/h14-18H,5-13H2,1-4H3. The van der Waals surface area contributed by atoms with Gasteiger partial charge in [-0.3, -0.25) is 0 Å². The van der Waals surface area contributed by atoms with Gasteiger partial charge in [-0.25, -0.2) is 0 Å². The lowest BCUT2D eigenvalue weighted by atomic mass is 9.82. The average molecular weight is 341 g/mol. The molecule has 24 heavy (non-hydrogen) atoms. The highest BCUT2D eigenvalue weighted by Crippen LogP contribution is 2.34. The van der Waals surface area contributed by atoms with Gasteiger partial charge in [0.25, 0.3) is 0 Å². The molecule has 1 aliphatic heterocycles. The van der Waals surface area contributed by atoms with E-state index in [1.165, 1.54) is 0 Å². The molecule has 3 rings (SSSR count). The second-order valence-corrected chi connectivity index (χ2v) is 8.82. The van der Waals surface area contributed by atoms with Crippen LogP contribution in [0.2, 0.25) is 0 Å². The van der Waals surface area contributed by atoms with Crippen LogP contribution < -0.4 is 0 Å². The van der Waals surface area contributed by atoms with E-state index in [0.717, 1.165) is 58.6 Å². The summed E-state index contributed by atoms with van der Waals surface area (Å²) in [5.74, 6) is 0.679. The number of likely N-dealkylation sites (tertiary alicyclic amines) is 1. The molecule has 3 aliphatic rings. The molecule has 0 amide bonds. The van der Waals surface area contributed by atoms with E-state index in [1.54, 1.807) is 0 Å². The quantitative estimate of drug-likeness (QED) is 0.603. The number of likely N-dealkylation sites (N-methyl/N-ethyl adjacent to an activating group) is 1. The Morgan fingerprint density at radius 2 is 1.38 bits per heavy atom. The van der Waals surface area contributed by atoms with Gasteiger partial charge in [0.2, 0.25) is 0 Å². The van der Waals surface area contributed by atoms with Crippen LogP contribution in [0, 0.1) is 5.92 Å². The van der Waals surface area contributed by atoms with E-state index in [0.29, 0.717) is 30.3 Å². The monoisotopic (exact) mass is 341 g/mol. The van der Waals surface area contributed by atoms with Crippen molar-refractivity contribution in [2.24, 2.45) is 5.92 Å². The minimum absolute atomic E-state index is 0.0353. The summed E-state index contributed by atoms with van der Waals surface area (Å²) in [5, 5.41) is 0. The van der Waals surface area contributed by atoms with Crippen molar-refractivity contribution in [1.82, 2.24) is 4.90 Å². The van der Waals surface area contributed by atoms with Gasteiger partial charge in [-0.05, 0) is 59.4 Å². The molecule has 5 heteroatoms. The van der Waals surface area contributed by atoms with Gasteiger partial charge >= 0.3 is 0 Å². The van der Waals surface area contributed by atoms with Gasteiger partial charge < -0.3 is 23.8 Å². The van der Waals surface area contributed by atoms with Crippen molar-refractivity contribution in [2.75, 3.05) is 40.0 Å². The number of nitrogens with zero attached hydrogens (tertiary/aromatic N) is 1. The van der Waals surface area contributed by atoms with Crippen LogP contribution in [-0.4, -0.2) is 74.9 Å². The topological polar surface area (TPSA) is 40.2 Å². The molecular weight excluding hydrogens is 306 g/mol. The van der Waals surface area contributed by atoms with Crippen molar-refractivity contribution < 1.29 is 18.9 Å². The molecule has 5 nitrogen and oxygen atoms in total. The predicted octanol–water partition coefficient (Wildman–Crippen LogP) is 2.47. The third-order valence-corrected chi connectivity index (χ3v) is 5.15. The Morgan fingerprint density at radius 1 is 0.792 bits per heavy atom. The van der Waals surface area contributed by atoms with Crippen molar-refractivity contribution >= 4 is 0 Å². The zero-order valence-corrected chi connectivity index (χ0v) is 15.8. The lowest BCUT2D eigenvalue weighted by molar-refractivity contribution is -0.160. The predicted molar refractivity (Wildman–Crippen MR) is 93.3 cm³/mol. The fraction of sp³-hybridized carbons (Fsp3) is 1.00. The molecule has 1 saturated heterocycles. The molecule has 0 aromatic carbocycles. The van der Waals surface area contributed by atoms with Crippen molar-refractivity contribution in [1.29, 1.82) is 0 Å². The van der Waals surface area contributed by atoms with E-state index in [9.17, 15) is 0 Å². The first-order valence-electron chi connectivity index (χ1n) is 9.58. The number of hydrogen-bond donors (Lipinski definition) is 0. The maximum absolute atomic E-state index is 6.00. The lowest BCUT2D eigenvalue weighted by Gasteiger charge is -2.41. The number of ether oxygens (including phenoxy) is 4. The molecule has 1 heterocycles. The molecule has 0 unspecified atom stereocenters. The van der Waals surface area contributed by atoms with Gasteiger partial charge in [0.05, 0.1) is 43.2 Å². The van der Waals surface area contributed by atoms with Crippen molar-refractivity contribution in [3.63, 3.8) is 0 Å². The van der Waals surface area contributed by atoms with Crippen LogP contribution in [0.15, 0.2) is 0 Å². The summed E-state index contributed by atoms with van der Waals surface area (Å²) in [6.07, 6.45) is 6.03. The molecule has 0 bridgehead atoms. The maximum Gasteiger partial charge on any atom is 0.0829 e. The molecule has 2 saturated carbocycles. The van der Waals surface area contributed by atoms with Gasteiger partial charge in [-0.1, -0.05) is 0 Å². The number of rotatable bonds is 9. The molecule has 140 valence electrons. The summed E-state index contributed by atoms with van der Waals surface area (Å²) in [7, 11) is 2.12. The Labute approximate surface area is 147 Å². The first-order valence-corrected chi connectivity index (χ1v) is 9.58. The van der Waals surface area contributed by atoms with Crippen LogP contribution in [0.1, 0.15) is 46.5 Å². The van der Waals surface area contributed by atoms with E-state index in [-0.39, 0.29) is 5.60 Å². The summed E-state index contributed by atoms with van der Waals surface area (Å²) in [6.45, 7) is 10.8. The van der Waals surface area contributed by atoms with E-state index in [2.05, 4.69) is 32.7 Å². The molecular formula is C19H35NO4. The van der Waals surface area contributed by atoms with Crippen LogP contribution in [-0.2, 0) is 18.9 Å². The Morgan fingerprint density at radius 3 is 1.96 bits per heavy atom. The SMILES string of the molecule is CN1CC(OCCOC2CC(COC3CC(OC(C)(C)C)C3)C2)C1. The van der Waals surface area contributed by atoms with Gasteiger partial charge in [0, 0.05) is 19.7 Å². The van der Waals surface area contributed by atoms with E-state index >= 15 is 0 Å². The van der Waals surface area contributed by atoms with Crippen LogP contribution >= 0.6 is 0 Å². The largest absolute Gasteiger partial charge is 0.378 e. The minimum Gasteiger partial charge on any atom is -0.378 e. The van der Waals surface area contributed by atoms with Crippen molar-refractivity contribution in [3.8, 4) is 0 Å². The second kappa shape index (κ2) is 8.00. The Kier molecular flexibility index (Phi) is 6.20. The van der Waals surface area contributed by atoms with E-state index < -0.39 is 0 Å². The number of hydrogen-bond acceptors (Lipinski definition) is 5. The lowest BCUT2D eigenvalue weighted by Crippen LogP contribution is -2.50. The minimum atomic E-state index is -0.0353. The fourth-order valence-corrected chi connectivity index (χ4v) is 3.65. The van der Waals surface area contributed by atoms with E-state index in [1.807, 2.05) is 0 Å². The van der Waals surface area contributed by atoms with Gasteiger partial charge in [0.15, 0.2) is 0 Å². The first-order chi connectivity index (χ1) is 11.4. The fourth-order valence-electron chi connectivity index (χ4n) is 3.65. The highest BCUT2D eigenvalue weighted by molar-refractivity contribution is 4.85.